The van der Waals surface area contributed by atoms with Crippen molar-refractivity contribution in [1.82, 2.24) is 20.0 Å². The third-order valence-corrected chi connectivity index (χ3v) is 7.17. The van der Waals surface area contributed by atoms with E-state index in [2.05, 4.69) is 31.2 Å². The van der Waals surface area contributed by atoms with E-state index in [-0.39, 0.29) is 11.3 Å². The summed E-state index contributed by atoms with van der Waals surface area (Å²) in [5, 5.41) is 28.2. The second-order valence-corrected chi connectivity index (χ2v) is 10.8. The summed E-state index contributed by atoms with van der Waals surface area (Å²) in [7, 11) is -5.16. The zero-order valence-electron chi connectivity index (χ0n) is 17.7. The van der Waals surface area contributed by atoms with E-state index in [9.17, 15) is 37.7 Å². The summed E-state index contributed by atoms with van der Waals surface area (Å²) in [6.45, 7) is -0.677. The minimum Gasteiger partial charge on any atom is -0.394 e. The number of benzene rings is 1. The molecule has 1 fully saturated rings. The number of nitrogens with zero attached hydrogens (tertiary/aromatic N) is 4. The Bertz CT molecular complexity index is 1280. The van der Waals surface area contributed by atoms with E-state index in [0.717, 1.165) is 22.6 Å². The van der Waals surface area contributed by atoms with Crippen LogP contribution in [0.3, 0.4) is 0 Å². The average Bonchev–Trinajstić information content (AvgIpc) is 3.28. The molecule has 1 aliphatic rings. The van der Waals surface area contributed by atoms with Gasteiger partial charge in [0.25, 0.3) is 0 Å². The average molecular weight is 613 g/mol. The summed E-state index contributed by atoms with van der Waals surface area (Å²) in [6.07, 6.45) is -0.330. The summed E-state index contributed by atoms with van der Waals surface area (Å²) in [5.41, 5.74) is -1.52. The van der Waals surface area contributed by atoms with Crippen molar-refractivity contribution in [3.63, 3.8) is 0 Å². The maximum Gasteiger partial charge on any atom is 0.470 e. The Hall–Kier alpha value is -1.88. The molecule has 0 amide bonds. The molecular formula is C19H17BrF3N4O7PS. The fraction of sp³-hybridized carbons (Fsp3) is 0.316. The molecule has 0 bridgehead atoms. The highest BCUT2D eigenvalue weighted by Gasteiger charge is 2.50. The first kappa shape index (κ1) is 27.2. The minimum absolute atomic E-state index is 0.137. The van der Waals surface area contributed by atoms with Crippen LogP contribution in [0, 0.1) is 17.5 Å². The molecule has 0 aliphatic carbocycles. The number of aromatic nitrogens is 4. The van der Waals surface area contributed by atoms with Crippen molar-refractivity contribution in [1.29, 1.82) is 0 Å². The van der Waals surface area contributed by atoms with Crippen molar-refractivity contribution in [2.24, 2.45) is 0 Å². The zero-order valence-corrected chi connectivity index (χ0v) is 21.0. The lowest BCUT2D eigenvalue weighted by Gasteiger charge is -2.43. The molecule has 17 heteroatoms. The Morgan fingerprint density at radius 1 is 1.19 bits per heavy atom. The lowest BCUT2D eigenvalue weighted by Crippen LogP contribution is -2.55. The van der Waals surface area contributed by atoms with E-state index in [4.69, 9.17) is 9.26 Å². The highest BCUT2D eigenvalue weighted by molar-refractivity contribution is 9.10. The number of rotatable bonds is 7. The van der Waals surface area contributed by atoms with Crippen LogP contribution in [-0.4, -0.2) is 70.3 Å². The van der Waals surface area contributed by atoms with Crippen LogP contribution in [-0.2, 0) is 13.8 Å². The van der Waals surface area contributed by atoms with Crippen molar-refractivity contribution < 1.29 is 47.0 Å². The number of hydrogen-bond acceptors (Lipinski definition) is 9. The third-order valence-electron chi connectivity index (χ3n) is 5.11. The highest BCUT2D eigenvalue weighted by atomic mass is 79.9. The van der Waals surface area contributed by atoms with Gasteiger partial charge in [-0.2, -0.15) is 0 Å². The van der Waals surface area contributed by atoms with Crippen LogP contribution in [0.15, 0.2) is 46.2 Å². The van der Waals surface area contributed by atoms with E-state index >= 15 is 0 Å². The summed E-state index contributed by atoms with van der Waals surface area (Å²) < 4.78 is 64.8. The van der Waals surface area contributed by atoms with Crippen LogP contribution >= 0.6 is 35.5 Å². The number of phosphoric ester groups is 1. The molecule has 194 valence electrons. The van der Waals surface area contributed by atoms with Crippen molar-refractivity contribution in [3.8, 4) is 11.3 Å². The predicted molar refractivity (Wildman–Crippen MR) is 121 cm³/mol. The van der Waals surface area contributed by atoms with Gasteiger partial charge in [0.15, 0.2) is 17.5 Å². The fourth-order valence-electron chi connectivity index (χ4n) is 3.58. The number of phosphoric acid groups is 1. The number of thioether (sulfide) groups is 1. The summed E-state index contributed by atoms with van der Waals surface area (Å²) in [4.78, 5) is 23.6. The summed E-state index contributed by atoms with van der Waals surface area (Å²) in [5.74, 6) is -4.60. The van der Waals surface area contributed by atoms with Crippen molar-refractivity contribution in [2.75, 3.05) is 6.61 Å². The number of pyridine rings is 1. The van der Waals surface area contributed by atoms with Gasteiger partial charge in [-0.25, -0.2) is 22.4 Å². The predicted octanol–water partition coefficient (Wildman–Crippen LogP) is 2.41. The molecule has 0 saturated carbocycles. The standard InChI is InChI=1S/C19H17BrF3N4O7PS/c20-9-3-10(5-24-4-9)36-19-18(34-35(30,31)32)16(17(29)14(7-28)33-19)27-6-13(25-26-27)8-1-11(21)15(23)12(22)2-8/h1-6,14,16-19,28-29H,7H2,(H2,30,31,32)/t14?,16-,17-,18?,19+/m0/s1. The maximum absolute atomic E-state index is 13.7. The van der Waals surface area contributed by atoms with E-state index in [1.807, 2.05) is 0 Å². The van der Waals surface area contributed by atoms with Gasteiger partial charge in [-0.1, -0.05) is 17.0 Å². The molecule has 3 heterocycles. The summed E-state index contributed by atoms with van der Waals surface area (Å²) in [6, 6.07) is 1.63. The van der Waals surface area contributed by atoms with Crippen LogP contribution in [0.25, 0.3) is 11.3 Å². The Balaban J connectivity index is 1.74. The molecule has 3 aromatic rings. The van der Waals surface area contributed by atoms with Gasteiger partial charge in [0, 0.05) is 27.3 Å². The second kappa shape index (κ2) is 10.8. The highest BCUT2D eigenvalue weighted by Crippen LogP contribution is 2.47. The number of hydrogen-bond donors (Lipinski definition) is 4. The number of aliphatic hydroxyl groups excluding tert-OH is 2. The van der Waals surface area contributed by atoms with E-state index in [1.165, 1.54) is 12.4 Å². The lowest BCUT2D eigenvalue weighted by atomic mass is 9.97. The van der Waals surface area contributed by atoms with E-state index < -0.39 is 61.7 Å². The van der Waals surface area contributed by atoms with Crippen molar-refractivity contribution >= 4 is 35.5 Å². The molecule has 1 aromatic carbocycles. The molecule has 11 nitrogen and oxygen atoms in total. The molecule has 0 spiro atoms. The van der Waals surface area contributed by atoms with Crippen molar-refractivity contribution in [3.05, 3.63) is 58.7 Å². The number of ether oxygens (including phenoxy) is 1. The Morgan fingerprint density at radius 3 is 2.50 bits per heavy atom. The van der Waals surface area contributed by atoms with Gasteiger partial charge in [0.05, 0.1) is 12.8 Å². The third kappa shape index (κ3) is 5.98. The van der Waals surface area contributed by atoms with Gasteiger partial charge < -0.3 is 24.7 Å². The van der Waals surface area contributed by atoms with Crippen LogP contribution in [0.2, 0.25) is 0 Å². The molecule has 1 saturated heterocycles. The minimum atomic E-state index is -5.16. The van der Waals surface area contributed by atoms with Crippen molar-refractivity contribution in [2.45, 2.75) is 34.7 Å². The van der Waals surface area contributed by atoms with Gasteiger partial charge in [-0.15, -0.1) is 5.10 Å². The largest absolute Gasteiger partial charge is 0.470 e. The quantitative estimate of drug-likeness (QED) is 0.229. The SMILES string of the molecule is O=P(O)(O)OC1[C@@H](Sc2cncc(Br)c2)OC(CO)[C@H](O)[C@@H]1n1cc(-c2cc(F)c(F)c(F)c2)nn1. The zero-order chi connectivity index (χ0) is 26.2. The first-order chi connectivity index (χ1) is 17.0. The number of halogens is 4. The maximum atomic E-state index is 13.7. The summed E-state index contributed by atoms with van der Waals surface area (Å²) >= 11 is 4.21. The Morgan fingerprint density at radius 2 is 1.89 bits per heavy atom. The topological polar surface area (TPSA) is 160 Å². The molecule has 5 atom stereocenters. The monoisotopic (exact) mass is 612 g/mol. The molecular weight excluding hydrogens is 596 g/mol. The Labute approximate surface area is 213 Å². The second-order valence-electron chi connectivity index (χ2n) is 7.56. The van der Waals surface area contributed by atoms with Gasteiger partial charge in [0.1, 0.15) is 35.5 Å². The number of aliphatic hydroxyl groups is 2. The van der Waals surface area contributed by atoms with Crippen LogP contribution in [0.4, 0.5) is 13.2 Å². The van der Waals surface area contributed by atoms with E-state index in [1.54, 1.807) is 6.07 Å². The molecule has 36 heavy (non-hydrogen) atoms. The molecule has 4 rings (SSSR count). The normalized spacial score (nSPS) is 24.7. The smallest absolute Gasteiger partial charge is 0.394 e. The van der Waals surface area contributed by atoms with Crippen LogP contribution in [0.5, 0.6) is 0 Å². The molecule has 1 aliphatic heterocycles. The molecule has 2 aromatic heterocycles. The molecule has 2 unspecified atom stereocenters. The lowest BCUT2D eigenvalue weighted by molar-refractivity contribution is -0.175. The van der Waals surface area contributed by atoms with Gasteiger partial charge in [-0.3, -0.25) is 9.51 Å². The first-order valence-corrected chi connectivity index (χ1v) is 13.2. The van der Waals surface area contributed by atoms with Crippen LogP contribution in [0.1, 0.15) is 6.04 Å². The fourth-order valence-corrected chi connectivity index (χ4v) is 5.86. The van der Waals surface area contributed by atoms with E-state index in [0.29, 0.717) is 21.5 Å². The Kier molecular flexibility index (Phi) is 8.19. The van der Waals surface area contributed by atoms with Crippen LogP contribution < -0.4 is 0 Å². The molecule has 0 radical (unpaired) electrons. The van der Waals surface area contributed by atoms with Gasteiger partial charge in [0.2, 0.25) is 0 Å². The van der Waals surface area contributed by atoms with Gasteiger partial charge in [-0.05, 0) is 34.1 Å². The van der Waals surface area contributed by atoms with Gasteiger partial charge >= 0.3 is 7.82 Å². The first-order valence-electron chi connectivity index (χ1n) is 9.99. The molecule has 4 N–H and O–H groups in total.